The van der Waals surface area contributed by atoms with E-state index in [1.165, 1.54) is 7.11 Å². The summed E-state index contributed by atoms with van der Waals surface area (Å²) in [5, 5.41) is 0. The van der Waals surface area contributed by atoms with Gasteiger partial charge in [-0.15, -0.1) is 0 Å². The molecule has 0 fully saturated rings. The standard InChI is InChI=1S/C16H20N2O3/c1-20-15-8-4-3-6-12(15)11-18-9-5-7-13(18)10-14(17)16(19)21-2/h3-9,14H,10-11,17H2,1-2H3. The highest BCUT2D eigenvalue weighted by Gasteiger charge is 2.16. The Morgan fingerprint density at radius 1 is 1.24 bits per heavy atom. The van der Waals surface area contributed by atoms with Crippen LogP contribution in [0.5, 0.6) is 5.75 Å². The molecule has 0 amide bonds. The Morgan fingerprint density at radius 2 is 2.00 bits per heavy atom. The maximum absolute atomic E-state index is 11.4. The number of nitrogens with two attached hydrogens (primary N) is 1. The van der Waals surface area contributed by atoms with Crippen LogP contribution in [0, 0.1) is 0 Å². The minimum atomic E-state index is -0.652. The molecule has 0 bridgehead atoms. The molecule has 1 atom stereocenters. The van der Waals surface area contributed by atoms with Crippen LogP contribution in [0.15, 0.2) is 42.6 Å². The first-order valence-electron chi connectivity index (χ1n) is 6.75. The summed E-state index contributed by atoms with van der Waals surface area (Å²) in [5.74, 6) is 0.439. The minimum Gasteiger partial charge on any atom is -0.496 e. The van der Waals surface area contributed by atoms with E-state index in [0.29, 0.717) is 13.0 Å². The van der Waals surface area contributed by atoms with Crippen molar-refractivity contribution >= 4 is 5.97 Å². The fraction of sp³-hybridized carbons (Fsp3) is 0.312. The number of esters is 1. The van der Waals surface area contributed by atoms with E-state index in [0.717, 1.165) is 17.0 Å². The number of carbonyl (C=O) groups excluding carboxylic acids is 1. The van der Waals surface area contributed by atoms with Crippen molar-refractivity contribution in [2.24, 2.45) is 5.73 Å². The van der Waals surface area contributed by atoms with Gasteiger partial charge >= 0.3 is 5.97 Å². The Hall–Kier alpha value is -2.27. The molecule has 5 nitrogen and oxygen atoms in total. The van der Waals surface area contributed by atoms with Crippen molar-refractivity contribution in [1.29, 1.82) is 0 Å². The van der Waals surface area contributed by atoms with E-state index in [1.807, 2.05) is 42.6 Å². The number of nitrogens with zero attached hydrogens (tertiary/aromatic N) is 1. The number of rotatable bonds is 6. The van der Waals surface area contributed by atoms with Gasteiger partial charge in [0.1, 0.15) is 11.8 Å². The van der Waals surface area contributed by atoms with E-state index in [-0.39, 0.29) is 0 Å². The van der Waals surface area contributed by atoms with Crippen molar-refractivity contribution in [3.63, 3.8) is 0 Å². The topological polar surface area (TPSA) is 66.5 Å². The summed E-state index contributed by atoms with van der Waals surface area (Å²) in [7, 11) is 3.00. The van der Waals surface area contributed by atoms with E-state index in [4.69, 9.17) is 10.5 Å². The number of benzene rings is 1. The van der Waals surface area contributed by atoms with Crippen molar-refractivity contribution in [1.82, 2.24) is 4.57 Å². The third-order valence-corrected chi connectivity index (χ3v) is 3.39. The van der Waals surface area contributed by atoms with Crippen LogP contribution >= 0.6 is 0 Å². The average Bonchev–Trinajstić information content (AvgIpc) is 2.94. The van der Waals surface area contributed by atoms with Gasteiger partial charge in [-0.05, 0) is 18.2 Å². The molecule has 1 aromatic heterocycles. The Balaban J connectivity index is 2.15. The quantitative estimate of drug-likeness (QED) is 0.820. The van der Waals surface area contributed by atoms with Crippen LogP contribution in [0.1, 0.15) is 11.3 Å². The molecule has 5 heteroatoms. The van der Waals surface area contributed by atoms with E-state index in [2.05, 4.69) is 9.30 Å². The van der Waals surface area contributed by atoms with Gasteiger partial charge in [-0.2, -0.15) is 0 Å². The van der Waals surface area contributed by atoms with Crippen LogP contribution < -0.4 is 10.5 Å². The lowest BCUT2D eigenvalue weighted by Crippen LogP contribution is -2.34. The first-order chi connectivity index (χ1) is 10.2. The molecule has 1 unspecified atom stereocenters. The van der Waals surface area contributed by atoms with Crippen molar-refractivity contribution in [3.8, 4) is 5.75 Å². The zero-order valence-corrected chi connectivity index (χ0v) is 12.3. The third kappa shape index (κ3) is 3.64. The maximum atomic E-state index is 11.4. The molecule has 0 aliphatic carbocycles. The van der Waals surface area contributed by atoms with Crippen molar-refractivity contribution in [2.45, 2.75) is 19.0 Å². The fourth-order valence-electron chi connectivity index (χ4n) is 2.27. The molecule has 1 aromatic carbocycles. The number of carbonyl (C=O) groups is 1. The Kier molecular flexibility index (Phi) is 5.00. The summed E-state index contributed by atoms with van der Waals surface area (Å²) in [6.45, 7) is 0.667. The van der Waals surface area contributed by atoms with Gasteiger partial charge in [0.25, 0.3) is 0 Å². The molecule has 0 saturated carbocycles. The van der Waals surface area contributed by atoms with Gasteiger partial charge in [0, 0.05) is 23.9 Å². The van der Waals surface area contributed by atoms with Gasteiger partial charge in [0.05, 0.1) is 20.8 Å². The molecule has 0 saturated heterocycles. The molecule has 112 valence electrons. The Labute approximate surface area is 124 Å². The molecule has 0 radical (unpaired) electrons. The lowest BCUT2D eigenvalue weighted by Gasteiger charge is -2.14. The van der Waals surface area contributed by atoms with Crippen molar-refractivity contribution < 1.29 is 14.3 Å². The van der Waals surface area contributed by atoms with Gasteiger partial charge in [-0.3, -0.25) is 4.79 Å². The monoisotopic (exact) mass is 288 g/mol. The van der Waals surface area contributed by atoms with Gasteiger partial charge in [-0.1, -0.05) is 18.2 Å². The highest BCUT2D eigenvalue weighted by atomic mass is 16.5. The Morgan fingerprint density at radius 3 is 2.71 bits per heavy atom. The second kappa shape index (κ2) is 6.95. The predicted molar refractivity (Wildman–Crippen MR) is 80.2 cm³/mol. The average molecular weight is 288 g/mol. The Bertz CT molecular complexity index is 607. The van der Waals surface area contributed by atoms with Crippen LogP contribution in [0.3, 0.4) is 0 Å². The van der Waals surface area contributed by atoms with Crippen LogP contribution in [-0.4, -0.2) is 30.8 Å². The van der Waals surface area contributed by atoms with E-state index in [9.17, 15) is 4.79 Å². The molecule has 2 rings (SSSR count). The highest BCUT2D eigenvalue weighted by Crippen LogP contribution is 2.19. The third-order valence-electron chi connectivity index (χ3n) is 3.39. The second-order valence-corrected chi connectivity index (χ2v) is 4.77. The van der Waals surface area contributed by atoms with Crippen LogP contribution in [0.4, 0.5) is 0 Å². The zero-order valence-electron chi connectivity index (χ0n) is 12.3. The molecule has 21 heavy (non-hydrogen) atoms. The molecule has 0 aliphatic heterocycles. The lowest BCUT2D eigenvalue weighted by molar-refractivity contribution is -0.142. The molecule has 2 N–H and O–H groups in total. The number of methoxy groups -OCH3 is 2. The molecule has 2 aromatic rings. The first-order valence-corrected chi connectivity index (χ1v) is 6.75. The van der Waals surface area contributed by atoms with E-state index >= 15 is 0 Å². The largest absolute Gasteiger partial charge is 0.496 e. The van der Waals surface area contributed by atoms with E-state index in [1.54, 1.807) is 7.11 Å². The summed E-state index contributed by atoms with van der Waals surface area (Å²) in [4.78, 5) is 11.4. The molecular weight excluding hydrogens is 268 g/mol. The van der Waals surface area contributed by atoms with Gasteiger partial charge < -0.3 is 19.8 Å². The smallest absolute Gasteiger partial charge is 0.323 e. The summed E-state index contributed by atoms with van der Waals surface area (Å²) >= 11 is 0. The molecule has 1 heterocycles. The fourth-order valence-corrected chi connectivity index (χ4v) is 2.27. The van der Waals surface area contributed by atoms with Gasteiger partial charge in [0.2, 0.25) is 0 Å². The van der Waals surface area contributed by atoms with E-state index < -0.39 is 12.0 Å². The predicted octanol–water partition coefficient (Wildman–Crippen LogP) is 1.59. The normalized spacial score (nSPS) is 12.0. The number of aromatic nitrogens is 1. The van der Waals surface area contributed by atoms with Crippen LogP contribution in [0.25, 0.3) is 0 Å². The van der Waals surface area contributed by atoms with Crippen LogP contribution in [-0.2, 0) is 22.5 Å². The number of hydrogen-bond acceptors (Lipinski definition) is 4. The highest BCUT2D eigenvalue weighted by molar-refractivity contribution is 5.75. The molecule has 0 aliphatic rings. The van der Waals surface area contributed by atoms with Crippen LogP contribution in [0.2, 0.25) is 0 Å². The number of para-hydroxylation sites is 1. The minimum absolute atomic E-state index is 0.403. The van der Waals surface area contributed by atoms with Crippen molar-refractivity contribution in [3.05, 3.63) is 53.9 Å². The maximum Gasteiger partial charge on any atom is 0.323 e. The first kappa shape index (κ1) is 15.1. The summed E-state index contributed by atoms with van der Waals surface area (Å²) in [5.41, 5.74) is 7.88. The SMILES string of the molecule is COC(=O)C(N)Cc1cccn1Cc1ccccc1OC. The second-order valence-electron chi connectivity index (χ2n) is 4.77. The summed E-state index contributed by atoms with van der Waals surface area (Å²) < 4.78 is 12.1. The molecular formula is C16H20N2O3. The summed E-state index contributed by atoms with van der Waals surface area (Å²) in [6.07, 6.45) is 2.40. The lowest BCUT2D eigenvalue weighted by atomic mass is 10.1. The van der Waals surface area contributed by atoms with Gasteiger partial charge in [0.15, 0.2) is 0 Å². The van der Waals surface area contributed by atoms with Crippen molar-refractivity contribution in [2.75, 3.05) is 14.2 Å². The summed E-state index contributed by atoms with van der Waals surface area (Å²) in [6, 6.07) is 11.1. The molecule has 0 spiro atoms. The zero-order chi connectivity index (χ0) is 15.2. The van der Waals surface area contributed by atoms with Gasteiger partial charge in [-0.25, -0.2) is 0 Å². The number of ether oxygens (including phenoxy) is 2. The number of hydrogen-bond donors (Lipinski definition) is 1.